The van der Waals surface area contributed by atoms with Crippen LogP contribution in [-0.4, -0.2) is 32.3 Å². The fourth-order valence-corrected chi connectivity index (χ4v) is 1.78. The second-order valence-corrected chi connectivity index (χ2v) is 3.24. The van der Waals surface area contributed by atoms with Crippen LogP contribution in [0.25, 0.3) is 10.4 Å². The van der Waals surface area contributed by atoms with Crippen LogP contribution >= 0.6 is 0 Å². The van der Waals surface area contributed by atoms with Gasteiger partial charge in [-0.25, -0.2) is 0 Å². The van der Waals surface area contributed by atoms with Gasteiger partial charge in [0.25, 0.3) is 0 Å². The van der Waals surface area contributed by atoms with Crippen molar-refractivity contribution < 1.29 is 14.3 Å². The Morgan fingerprint density at radius 3 is 2.71 bits per heavy atom. The molecule has 0 N–H and O–H groups in total. The van der Waals surface area contributed by atoms with Gasteiger partial charge in [-0.05, 0) is 18.4 Å². The maximum Gasteiger partial charge on any atom is 0.308 e. The predicted molar refractivity (Wildman–Crippen MR) is 48.5 cm³/mol. The number of esters is 1. The van der Waals surface area contributed by atoms with E-state index in [1.807, 2.05) is 0 Å². The van der Waals surface area contributed by atoms with Gasteiger partial charge in [0.1, 0.15) is 0 Å². The van der Waals surface area contributed by atoms with E-state index in [4.69, 9.17) is 10.3 Å². The Morgan fingerprint density at radius 2 is 2.21 bits per heavy atom. The summed E-state index contributed by atoms with van der Waals surface area (Å²) in [6.45, 7) is 0. The quantitative estimate of drug-likeness (QED) is 0.297. The predicted octanol–water partition coefficient (Wildman–Crippen LogP) is 1.26. The molecule has 6 heteroatoms. The normalized spacial score (nSPS) is 30.9. The highest BCUT2D eigenvalue weighted by atomic mass is 16.5. The van der Waals surface area contributed by atoms with E-state index in [0.29, 0.717) is 12.8 Å². The molecule has 0 amide bonds. The number of ether oxygens (including phenoxy) is 2. The second kappa shape index (κ2) is 4.83. The zero-order valence-corrected chi connectivity index (χ0v) is 8.21. The van der Waals surface area contributed by atoms with E-state index in [9.17, 15) is 4.79 Å². The highest BCUT2D eigenvalue weighted by molar-refractivity contribution is 5.72. The molecule has 78 valence electrons. The third kappa shape index (κ3) is 2.16. The number of azide groups is 1. The highest BCUT2D eigenvalue weighted by Gasteiger charge is 2.38. The van der Waals surface area contributed by atoms with Crippen molar-refractivity contribution in [1.82, 2.24) is 0 Å². The Morgan fingerprint density at radius 1 is 1.50 bits per heavy atom. The van der Waals surface area contributed by atoms with E-state index in [-0.39, 0.29) is 24.0 Å². The minimum atomic E-state index is -0.261. The molecule has 1 saturated carbocycles. The fourth-order valence-electron chi connectivity index (χ4n) is 1.78. The Labute approximate surface area is 81.8 Å². The van der Waals surface area contributed by atoms with Crippen LogP contribution in [0.4, 0.5) is 0 Å². The van der Waals surface area contributed by atoms with Crippen LogP contribution < -0.4 is 0 Å². The summed E-state index contributed by atoms with van der Waals surface area (Å²) in [5, 5.41) is 3.59. The van der Waals surface area contributed by atoms with E-state index in [1.54, 1.807) is 7.11 Å². The summed E-state index contributed by atoms with van der Waals surface area (Å²) in [6.07, 6.45) is 0.900. The van der Waals surface area contributed by atoms with Crippen LogP contribution in [0.2, 0.25) is 0 Å². The molecule has 0 saturated heterocycles. The number of carbonyl (C=O) groups excluding carboxylic acids is 1. The standard InChI is InChI=1S/C8H13N3O3/c1-13-7-4-5(8(12)14-2)3-6(7)10-11-9/h5-7H,3-4H2,1-2H3. The molecule has 3 unspecified atom stereocenters. The first-order valence-electron chi connectivity index (χ1n) is 4.37. The molecule has 0 aromatic rings. The minimum Gasteiger partial charge on any atom is -0.469 e. The van der Waals surface area contributed by atoms with Gasteiger partial charge < -0.3 is 9.47 Å². The first kappa shape index (κ1) is 10.8. The lowest BCUT2D eigenvalue weighted by Crippen LogP contribution is -2.18. The van der Waals surface area contributed by atoms with Gasteiger partial charge in [0.2, 0.25) is 0 Å². The zero-order valence-electron chi connectivity index (χ0n) is 8.21. The van der Waals surface area contributed by atoms with Crippen molar-refractivity contribution in [2.75, 3.05) is 14.2 Å². The largest absolute Gasteiger partial charge is 0.469 e. The van der Waals surface area contributed by atoms with Gasteiger partial charge in [-0.15, -0.1) is 0 Å². The molecule has 0 aromatic carbocycles. The van der Waals surface area contributed by atoms with Crippen molar-refractivity contribution in [3.05, 3.63) is 10.4 Å². The summed E-state index contributed by atoms with van der Waals surface area (Å²) in [5.41, 5.74) is 8.31. The lowest BCUT2D eigenvalue weighted by Gasteiger charge is -2.11. The number of hydrogen-bond donors (Lipinski definition) is 0. The van der Waals surface area contributed by atoms with E-state index >= 15 is 0 Å². The average molecular weight is 199 g/mol. The van der Waals surface area contributed by atoms with Gasteiger partial charge in [0, 0.05) is 12.0 Å². The van der Waals surface area contributed by atoms with E-state index < -0.39 is 0 Å². The van der Waals surface area contributed by atoms with Crippen molar-refractivity contribution >= 4 is 5.97 Å². The zero-order chi connectivity index (χ0) is 10.6. The molecule has 1 aliphatic carbocycles. The van der Waals surface area contributed by atoms with Gasteiger partial charge in [0.05, 0.1) is 25.2 Å². The third-order valence-electron chi connectivity index (χ3n) is 2.51. The molecule has 0 aliphatic heterocycles. The van der Waals surface area contributed by atoms with Crippen LogP contribution in [0, 0.1) is 5.92 Å². The molecule has 1 aliphatic rings. The van der Waals surface area contributed by atoms with Crippen LogP contribution in [-0.2, 0) is 14.3 Å². The van der Waals surface area contributed by atoms with Crippen molar-refractivity contribution in [1.29, 1.82) is 0 Å². The Balaban J connectivity index is 2.64. The molecule has 0 radical (unpaired) electrons. The summed E-state index contributed by atoms with van der Waals surface area (Å²) in [7, 11) is 2.90. The summed E-state index contributed by atoms with van der Waals surface area (Å²) < 4.78 is 9.75. The number of methoxy groups -OCH3 is 2. The van der Waals surface area contributed by atoms with Gasteiger partial charge in [-0.1, -0.05) is 5.11 Å². The minimum absolute atomic E-state index is 0.171. The Hall–Kier alpha value is -1.26. The lowest BCUT2D eigenvalue weighted by molar-refractivity contribution is -0.145. The van der Waals surface area contributed by atoms with Crippen molar-refractivity contribution in [2.45, 2.75) is 25.0 Å². The molecule has 14 heavy (non-hydrogen) atoms. The monoisotopic (exact) mass is 199 g/mol. The second-order valence-electron chi connectivity index (χ2n) is 3.24. The van der Waals surface area contributed by atoms with Gasteiger partial charge in [0.15, 0.2) is 0 Å². The number of hydrogen-bond acceptors (Lipinski definition) is 4. The Bertz CT molecular complexity index is 263. The lowest BCUT2D eigenvalue weighted by atomic mass is 10.1. The third-order valence-corrected chi connectivity index (χ3v) is 2.51. The Kier molecular flexibility index (Phi) is 3.73. The van der Waals surface area contributed by atoms with Crippen molar-refractivity contribution in [3.8, 4) is 0 Å². The fraction of sp³-hybridized carbons (Fsp3) is 0.875. The van der Waals surface area contributed by atoms with Crippen molar-refractivity contribution in [2.24, 2.45) is 11.0 Å². The van der Waals surface area contributed by atoms with Crippen LogP contribution in [0.5, 0.6) is 0 Å². The number of nitrogens with zero attached hydrogens (tertiary/aromatic N) is 3. The van der Waals surface area contributed by atoms with E-state index in [1.165, 1.54) is 7.11 Å². The van der Waals surface area contributed by atoms with Crippen LogP contribution in [0.3, 0.4) is 0 Å². The number of rotatable bonds is 3. The molecular weight excluding hydrogens is 186 g/mol. The highest BCUT2D eigenvalue weighted by Crippen LogP contribution is 2.31. The van der Waals surface area contributed by atoms with Crippen molar-refractivity contribution in [3.63, 3.8) is 0 Å². The molecule has 0 bridgehead atoms. The maximum atomic E-state index is 11.2. The maximum absolute atomic E-state index is 11.2. The summed E-state index contributed by atoms with van der Waals surface area (Å²) in [4.78, 5) is 13.9. The summed E-state index contributed by atoms with van der Waals surface area (Å²) in [5.74, 6) is -0.469. The molecule has 0 spiro atoms. The van der Waals surface area contributed by atoms with E-state index in [2.05, 4.69) is 14.8 Å². The topological polar surface area (TPSA) is 84.3 Å². The van der Waals surface area contributed by atoms with Gasteiger partial charge in [-0.3, -0.25) is 4.79 Å². The van der Waals surface area contributed by atoms with Crippen LogP contribution in [0.1, 0.15) is 12.8 Å². The molecule has 1 fully saturated rings. The molecule has 6 nitrogen and oxygen atoms in total. The van der Waals surface area contributed by atoms with Gasteiger partial charge in [-0.2, -0.15) is 0 Å². The molecule has 1 rings (SSSR count). The van der Waals surface area contributed by atoms with E-state index in [0.717, 1.165) is 0 Å². The first-order chi connectivity index (χ1) is 6.72. The molecule has 0 heterocycles. The molecule has 3 atom stereocenters. The average Bonchev–Trinajstić information content (AvgIpc) is 2.60. The van der Waals surface area contributed by atoms with Gasteiger partial charge >= 0.3 is 5.97 Å². The first-order valence-corrected chi connectivity index (χ1v) is 4.37. The van der Waals surface area contributed by atoms with Crippen LogP contribution in [0.15, 0.2) is 5.11 Å². The summed E-state index contributed by atoms with van der Waals surface area (Å²) in [6, 6.07) is -0.255. The summed E-state index contributed by atoms with van der Waals surface area (Å²) >= 11 is 0. The molecule has 0 aromatic heterocycles. The molecular formula is C8H13N3O3. The SMILES string of the molecule is COC(=O)C1CC(N=[N+]=[N-])C(OC)C1. The smallest absolute Gasteiger partial charge is 0.308 e. The number of carbonyl (C=O) groups is 1.